The van der Waals surface area contributed by atoms with Crippen molar-refractivity contribution in [2.75, 3.05) is 20.3 Å². The maximum Gasteiger partial charge on any atom is 0.251 e. The highest BCUT2D eigenvalue weighted by atomic mass is 16.5. The van der Waals surface area contributed by atoms with Crippen LogP contribution in [0.15, 0.2) is 30.3 Å². The number of amides is 2. The molecule has 0 spiro atoms. The summed E-state index contributed by atoms with van der Waals surface area (Å²) in [6.07, 6.45) is 1.01. The molecular formula is C15H22N2O3. The number of hydrogen-bond acceptors (Lipinski definition) is 3. The predicted molar refractivity (Wildman–Crippen MR) is 77.5 cm³/mol. The molecule has 0 saturated heterocycles. The molecule has 0 aliphatic heterocycles. The van der Waals surface area contributed by atoms with E-state index < -0.39 is 0 Å². The number of carbonyl (C=O) groups excluding carboxylic acids is 2. The van der Waals surface area contributed by atoms with Crippen LogP contribution in [0.25, 0.3) is 0 Å². The van der Waals surface area contributed by atoms with E-state index in [9.17, 15) is 9.59 Å². The lowest BCUT2D eigenvalue weighted by atomic mass is 10.2. The molecular weight excluding hydrogens is 256 g/mol. The van der Waals surface area contributed by atoms with Crippen molar-refractivity contribution < 1.29 is 14.3 Å². The molecule has 1 unspecified atom stereocenters. The molecule has 0 aliphatic carbocycles. The van der Waals surface area contributed by atoms with Crippen molar-refractivity contribution in [1.82, 2.24) is 10.6 Å². The average Bonchev–Trinajstić information content (AvgIpc) is 2.44. The number of methoxy groups -OCH3 is 1. The van der Waals surface area contributed by atoms with Gasteiger partial charge in [0.25, 0.3) is 5.91 Å². The van der Waals surface area contributed by atoms with Gasteiger partial charge in [0.2, 0.25) is 5.91 Å². The van der Waals surface area contributed by atoms with Crippen molar-refractivity contribution in [3.8, 4) is 0 Å². The molecule has 1 rings (SSSR count). The molecule has 0 fully saturated rings. The normalized spacial score (nSPS) is 11.7. The maximum absolute atomic E-state index is 11.7. The van der Waals surface area contributed by atoms with E-state index in [4.69, 9.17) is 4.74 Å². The zero-order chi connectivity index (χ0) is 14.8. The number of benzene rings is 1. The van der Waals surface area contributed by atoms with Crippen LogP contribution < -0.4 is 10.6 Å². The third kappa shape index (κ3) is 6.33. The van der Waals surface area contributed by atoms with Crippen LogP contribution in [0.4, 0.5) is 0 Å². The minimum atomic E-state index is -0.112. The first kappa shape index (κ1) is 16.2. The summed E-state index contributed by atoms with van der Waals surface area (Å²) >= 11 is 0. The molecule has 0 bridgehead atoms. The highest BCUT2D eigenvalue weighted by molar-refractivity contribution is 5.94. The van der Waals surface area contributed by atoms with Gasteiger partial charge in [-0.15, -0.1) is 0 Å². The Morgan fingerprint density at radius 1 is 1.25 bits per heavy atom. The van der Waals surface area contributed by atoms with Crippen LogP contribution in [0, 0.1) is 0 Å². The standard InChI is InChI=1S/C15H22N2O3/c1-12(11-20-2)17-14(18)9-6-10-16-15(19)13-7-4-3-5-8-13/h3-5,7-8,12H,6,9-11H2,1-2H3,(H,16,19)(H,17,18). The highest BCUT2D eigenvalue weighted by Crippen LogP contribution is 1.98. The Hall–Kier alpha value is -1.88. The molecule has 5 nitrogen and oxygen atoms in total. The van der Waals surface area contributed by atoms with Crippen LogP contribution in [0.5, 0.6) is 0 Å². The third-order valence-electron chi connectivity index (χ3n) is 2.73. The van der Waals surface area contributed by atoms with E-state index in [1.165, 1.54) is 0 Å². The second-order valence-corrected chi connectivity index (χ2v) is 4.65. The largest absolute Gasteiger partial charge is 0.383 e. The van der Waals surface area contributed by atoms with Gasteiger partial charge in [-0.2, -0.15) is 0 Å². The number of hydrogen-bond donors (Lipinski definition) is 2. The SMILES string of the molecule is COCC(C)NC(=O)CCCNC(=O)c1ccccc1. The minimum Gasteiger partial charge on any atom is -0.383 e. The lowest BCUT2D eigenvalue weighted by Gasteiger charge is -2.12. The van der Waals surface area contributed by atoms with Crippen LogP contribution in [-0.2, 0) is 9.53 Å². The second-order valence-electron chi connectivity index (χ2n) is 4.65. The Bertz CT molecular complexity index is 420. The number of rotatable bonds is 8. The molecule has 1 aromatic rings. The average molecular weight is 278 g/mol. The first-order valence-corrected chi connectivity index (χ1v) is 6.75. The summed E-state index contributed by atoms with van der Waals surface area (Å²) in [5.74, 6) is -0.137. The Morgan fingerprint density at radius 2 is 1.95 bits per heavy atom. The summed E-state index contributed by atoms with van der Waals surface area (Å²) < 4.78 is 4.94. The van der Waals surface area contributed by atoms with Crippen LogP contribution in [-0.4, -0.2) is 38.1 Å². The van der Waals surface area contributed by atoms with Crippen LogP contribution >= 0.6 is 0 Å². The third-order valence-corrected chi connectivity index (χ3v) is 2.73. The maximum atomic E-state index is 11.7. The van der Waals surface area contributed by atoms with Gasteiger partial charge in [0.15, 0.2) is 0 Å². The van der Waals surface area contributed by atoms with Gasteiger partial charge >= 0.3 is 0 Å². The van der Waals surface area contributed by atoms with Crippen molar-refractivity contribution in [1.29, 1.82) is 0 Å². The lowest BCUT2D eigenvalue weighted by molar-refractivity contribution is -0.122. The van der Waals surface area contributed by atoms with E-state index in [0.717, 1.165) is 0 Å². The van der Waals surface area contributed by atoms with Crippen LogP contribution in [0.2, 0.25) is 0 Å². The fraction of sp³-hybridized carbons (Fsp3) is 0.467. The lowest BCUT2D eigenvalue weighted by Crippen LogP contribution is -2.36. The Balaban J connectivity index is 2.16. The second kappa shape index (κ2) is 9.09. The molecule has 1 atom stereocenters. The summed E-state index contributed by atoms with van der Waals surface area (Å²) in [6, 6.07) is 9.02. The first-order chi connectivity index (χ1) is 9.63. The van der Waals surface area contributed by atoms with Gasteiger partial charge in [0.1, 0.15) is 0 Å². The number of nitrogens with one attached hydrogen (secondary N) is 2. The molecule has 2 N–H and O–H groups in total. The fourth-order valence-corrected chi connectivity index (χ4v) is 1.78. The van der Waals surface area contributed by atoms with Gasteiger partial charge in [0.05, 0.1) is 6.61 Å². The van der Waals surface area contributed by atoms with Crippen molar-refractivity contribution >= 4 is 11.8 Å². The molecule has 20 heavy (non-hydrogen) atoms. The van der Waals surface area contributed by atoms with Crippen molar-refractivity contribution in [2.24, 2.45) is 0 Å². The molecule has 0 saturated carbocycles. The minimum absolute atomic E-state index is 0.00594. The van der Waals surface area contributed by atoms with Crippen molar-refractivity contribution in [3.05, 3.63) is 35.9 Å². The Morgan fingerprint density at radius 3 is 2.60 bits per heavy atom. The van der Waals surface area contributed by atoms with Crippen molar-refractivity contribution in [3.63, 3.8) is 0 Å². The van der Waals surface area contributed by atoms with E-state index in [2.05, 4.69) is 10.6 Å². The van der Waals surface area contributed by atoms with Gasteiger partial charge in [-0.3, -0.25) is 9.59 Å². The van der Waals surface area contributed by atoms with Gasteiger partial charge in [-0.05, 0) is 25.5 Å². The van der Waals surface area contributed by atoms with Crippen LogP contribution in [0.3, 0.4) is 0 Å². The summed E-state index contributed by atoms with van der Waals surface area (Å²) in [4.78, 5) is 23.3. The van der Waals surface area contributed by atoms with E-state index in [1.54, 1.807) is 19.2 Å². The van der Waals surface area contributed by atoms with Gasteiger partial charge in [-0.1, -0.05) is 18.2 Å². The molecule has 0 heterocycles. The first-order valence-electron chi connectivity index (χ1n) is 6.75. The monoisotopic (exact) mass is 278 g/mol. The Kier molecular flexibility index (Phi) is 7.35. The summed E-state index contributed by atoms with van der Waals surface area (Å²) in [6.45, 7) is 2.87. The van der Waals surface area contributed by atoms with Gasteiger partial charge < -0.3 is 15.4 Å². The molecule has 110 valence electrons. The zero-order valence-corrected chi connectivity index (χ0v) is 12.0. The van der Waals surface area contributed by atoms with Crippen molar-refractivity contribution in [2.45, 2.75) is 25.8 Å². The smallest absolute Gasteiger partial charge is 0.251 e. The summed E-state index contributed by atoms with van der Waals surface area (Å²) in [5, 5.41) is 5.61. The van der Waals surface area contributed by atoms with E-state index in [1.807, 2.05) is 25.1 Å². The molecule has 2 amide bonds. The van der Waals surface area contributed by atoms with Crippen LogP contribution in [0.1, 0.15) is 30.1 Å². The summed E-state index contributed by atoms with van der Waals surface area (Å²) in [7, 11) is 1.60. The Labute approximate surface area is 119 Å². The molecule has 5 heteroatoms. The van der Waals surface area contributed by atoms with E-state index in [0.29, 0.717) is 31.6 Å². The van der Waals surface area contributed by atoms with E-state index in [-0.39, 0.29) is 17.9 Å². The quantitative estimate of drug-likeness (QED) is 0.705. The topological polar surface area (TPSA) is 67.4 Å². The number of ether oxygens (including phenoxy) is 1. The summed E-state index contributed by atoms with van der Waals surface area (Å²) in [5.41, 5.74) is 0.630. The van der Waals surface area contributed by atoms with Gasteiger partial charge in [-0.25, -0.2) is 0 Å². The van der Waals surface area contributed by atoms with E-state index >= 15 is 0 Å². The fourth-order valence-electron chi connectivity index (χ4n) is 1.78. The van der Waals surface area contributed by atoms with Gasteiger partial charge in [0, 0.05) is 31.7 Å². The predicted octanol–water partition coefficient (Wildman–Crippen LogP) is 1.35. The molecule has 1 aromatic carbocycles. The number of carbonyl (C=O) groups is 2. The molecule has 0 aromatic heterocycles. The molecule has 0 radical (unpaired) electrons. The zero-order valence-electron chi connectivity index (χ0n) is 12.0. The highest BCUT2D eigenvalue weighted by Gasteiger charge is 2.07. The molecule has 0 aliphatic rings.